The lowest BCUT2D eigenvalue weighted by Crippen LogP contribution is -1.99. The summed E-state index contributed by atoms with van der Waals surface area (Å²) in [6.45, 7) is 2.39. The molecule has 2 aromatic carbocycles. The van der Waals surface area contributed by atoms with Gasteiger partial charge in [-0.25, -0.2) is 0 Å². The molecular weight excluding hydrogens is 248 g/mol. The molecule has 0 amide bonds. The number of aliphatic hydroxyl groups is 1. The predicted molar refractivity (Wildman–Crippen MR) is 72.9 cm³/mol. The molecule has 0 heterocycles. The molecule has 94 valence electrons. The Hall–Kier alpha value is -1.51. The fourth-order valence-corrected chi connectivity index (χ4v) is 1.90. The van der Waals surface area contributed by atoms with E-state index in [9.17, 15) is 5.11 Å². The van der Waals surface area contributed by atoms with Crippen LogP contribution in [-0.2, 0) is 13.2 Å². The highest BCUT2D eigenvalue weighted by atomic mass is 35.5. The quantitative estimate of drug-likeness (QED) is 0.910. The van der Waals surface area contributed by atoms with E-state index in [1.807, 2.05) is 43.3 Å². The van der Waals surface area contributed by atoms with Crippen molar-refractivity contribution >= 4 is 11.6 Å². The molecular formula is C15H15ClO2. The summed E-state index contributed by atoms with van der Waals surface area (Å²) in [6.07, 6.45) is 0. The maximum atomic E-state index is 9.27. The monoisotopic (exact) mass is 262 g/mol. The van der Waals surface area contributed by atoms with Crippen LogP contribution < -0.4 is 4.74 Å². The van der Waals surface area contributed by atoms with E-state index in [0.717, 1.165) is 5.56 Å². The zero-order chi connectivity index (χ0) is 13.0. The first-order valence-electron chi connectivity index (χ1n) is 5.77. The summed E-state index contributed by atoms with van der Waals surface area (Å²) in [6, 6.07) is 13.5. The molecule has 0 saturated heterocycles. The molecule has 3 heteroatoms. The van der Waals surface area contributed by atoms with Crippen LogP contribution in [0.25, 0.3) is 0 Å². The normalized spacial score (nSPS) is 10.4. The second-order valence-corrected chi connectivity index (χ2v) is 4.56. The van der Waals surface area contributed by atoms with Crippen LogP contribution in [0, 0.1) is 6.92 Å². The van der Waals surface area contributed by atoms with Crippen LogP contribution >= 0.6 is 11.6 Å². The van der Waals surface area contributed by atoms with Gasteiger partial charge < -0.3 is 9.84 Å². The molecule has 0 aromatic heterocycles. The highest BCUT2D eigenvalue weighted by Crippen LogP contribution is 2.27. The summed E-state index contributed by atoms with van der Waals surface area (Å²) in [4.78, 5) is 0. The number of hydrogen-bond donors (Lipinski definition) is 1. The van der Waals surface area contributed by atoms with Crippen molar-refractivity contribution in [3.8, 4) is 5.75 Å². The van der Waals surface area contributed by atoms with Gasteiger partial charge in [0.2, 0.25) is 0 Å². The van der Waals surface area contributed by atoms with Gasteiger partial charge in [-0.1, -0.05) is 47.5 Å². The Morgan fingerprint density at radius 3 is 2.50 bits per heavy atom. The van der Waals surface area contributed by atoms with Crippen LogP contribution in [0.4, 0.5) is 0 Å². The summed E-state index contributed by atoms with van der Waals surface area (Å²) in [5.74, 6) is 0.630. The molecule has 0 aliphatic carbocycles. The number of halogens is 1. The molecule has 0 unspecified atom stereocenters. The SMILES string of the molecule is Cc1ccc(COc2cccc(Cl)c2CO)cc1. The number of ether oxygens (including phenoxy) is 1. The predicted octanol–water partition coefficient (Wildman–Crippen LogP) is 3.72. The van der Waals surface area contributed by atoms with E-state index >= 15 is 0 Å². The largest absolute Gasteiger partial charge is 0.488 e. The number of aliphatic hydroxyl groups excluding tert-OH is 1. The Bertz CT molecular complexity index is 521. The highest BCUT2D eigenvalue weighted by Gasteiger charge is 2.07. The summed E-state index contributed by atoms with van der Waals surface area (Å²) >= 11 is 5.99. The van der Waals surface area contributed by atoms with E-state index < -0.39 is 0 Å². The molecule has 0 bridgehead atoms. The Labute approximate surface area is 112 Å². The molecule has 0 aliphatic heterocycles. The smallest absolute Gasteiger partial charge is 0.126 e. The van der Waals surface area contributed by atoms with E-state index in [4.69, 9.17) is 16.3 Å². The van der Waals surface area contributed by atoms with E-state index in [2.05, 4.69) is 0 Å². The van der Waals surface area contributed by atoms with Gasteiger partial charge >= 0.3 is 0 Å². The summed E-state index contributed by atoms with van der Waals surface area (Å²) in [7, 11) is 0. The summed E-state index contributed by atoms with van der Waals surface area (Å²) < 4.78 is 5.69. The average molecular weight is 263 g/mol. The maximum absolute atomic E-state index is 9.27. The zero-order valence-electron chi connectivity index (χ0n) is 10.2. The van der Waals surface area contributed by atoms with Crippen molar-refractivity contribution in [1.82, 2.24) is 0 Å². The van der Waals surface area contributed by atoms with Crippen molar-refractivity contribution in [2.45, 2.75) is 20.1 Å². The van der Waals surface area contributed by atoms with Crippen molar-refractivity contribution < 1.29 is 9.84 Å². The van der Waals surface area contributed by atoms with E-state index in [-0.39, 0.29) is 6.61 Å². The minimum absolute atomic E-state index is 0.122. The molecule has 18 heavy (non-hydrogen) atoms. The third-order valence-corrected chi connectivity index (χ3v) is 3.10. The van der Waals surface area contributed by atoms with Gasteiger partial charge in [0.05, 0.1) is 6.61 Å². The van der Waals surface area contributed by atoms with Gasteiger partial charge in [0.1, 0.15) is 12.4 Å². The first kappa shape index (κ1) is 12.9. The van der Waals surface area contributed by atoms with E-state index in [1.54, 1.807) is 6.07 Å². The van der Waals surface area contributed by atoms with Gasteiger partial charge in [0, 0.05) is 10.6 Å². The summed E-state index contributed by atoms with van der Waals surface area (Å²) in [5.41, 5.74) is 2.94. The van der Waals surface area contributed by atoms with Crippen LogP contribution in [0.1, 0.15) is 16.7 Å². The highest BCUT2D eigenvalue weighted by molar-refractivity contribution is 6.31. The van der Waals surface area contributed by atoms with E-state index in [0.29, 0.717) is 22.9 Å². The maximum Gasteiger partial charge on any atom is 0.126 e. The zero-order valence-corrected chi connectivity index (χ0v) is 10.9. The molecule has 0 fully saturated rings. The number of benzene rings is 2. The third-order valence-electron chi connectivity index (χ3n) is 2.75. The lowest BCUT2D eigenvalue weighted by Gasteiger charge is -2.11. The second kappa shape index (κ2) is 5.89. The lowest BCUT2D eigenvalue weighted by atomic mass is 10.1. The van der Waals surface area contributed by atoms with Crippen molar-refractivity contribution in [1.29, 1.82) is 0 Å². The molecule has 1 N–H and O–H groups in total. The Kier molecular flexibility index (Phi) is 4.24. The minimum atomic E-state index is -0.122. The number of hydrogen-bond acceptors (Lipinski definition) is 2. The molecule has 2 nitrogen and oxygen atoms in total. The lowest BCUT2D eigenvalue weighted by molar-refractivity contribution is 0.259. The molecule has 0 saturated carbocycles. The van der Waals surface area contributed by atoms with Crippen molar-refractivity contribution in [3.05, 3.63) is 64.2 Å². The Morgan fingerprint density at radius 1 is 1.11 bits per heavy atom. The average Bonchev–Trinajstić information content (AvgIpc) is 2.38. The van der Waals surface area contributed by atoms with Crippen LogP contribution in [0.5, 0.6) is 5.75 Å². The molecule has 0 aliphatic rings. The van der Waals surface area contributed by atoms with Gasteiger partial charge in [-0.15, -0.1) is 0 Å². The van der Waals surface area contributed by atoms with Gasteiger partial charge in [0.25, 0.3) is 0 Å². The van der Waals surface area contributed by atoms with Gasteiger partial charge in [-0.3, -0.25) is 0 Å². The standard InChI is InChI=1S/C15H15ClO2/c1-11-5-7-12(8-6-11)10-18-15-4-2-3-14(16)13(15)9-17/h2-8,17H,9-10H2,1H3. The minimum Gasteiger partial charge on any atom is -0.488 e. The topological polar surface area (TPSA) is 29.5 Å². The van der Waals surface area contributed by atoms with Crippen molar-refractivity contribution in [3.63, 3.8) is 0 Å². The van der Waals surface area contributed by atoms with Crippen LogP contribution in [0.3, 0.4) is 0 Å². The van der Waals surface area contributed by atoms with Crippen molar-refractivity contribution in [2.75, 3.05) is 0 Å². The second-order valence-electron chi connectivity index (χ2n) is 4.15. The Balaban J connectivity index is 2.10. The number of rotatable bonds is 4. The Morgan fingerprint density at radius 2 is 1.83 bits per heavy atom. The first-order chi connectivity index (χ1) is 8.70. The molecule has 2 rings (SSSR count). The summed E-state index contributed by atoms with van der Waals surface area (Å²) in [5, 5.41) is 9.80. The first-order valence-corrected chi connectivity index (χ1v) is 6.15. The van der Waals surface area contributed by atoms with E-state index in [1.165, 1.54) is 5.56 Å². The van der Waals surface area contributed by atoms with Crippen molar-refractivity contribution in [2.24, 2.45) is 0 Å². The van der Waals surface area contributed by atoms with Gasteiger partial charge in [0.15, 0.2) is 0 Å². The fraction of sp³-hybridized carbons (Fsp3) is 0.200. The van der Waals surface area contributed by atoms with Crippen LogP contribution in [-0.4, -0.2) is 5.11 Å². The van der Waals surface area contributed by atoms with Gasteiger partial charge in [-0.05, 0) is 24.6 Å². The van der Waals surface area contributed by atoms with Crippen LogP contribution in [0.2, 0.25) is 5.02 Å². The van der Waals surface area contributed by atoms with Gasteiger partial charge in [-0.2, -0.15) is 0 Å². The molecule has 2 aromatic rings. The molecule has 0 radical (unpaired) electrons. The third kappa shape index (κ3) is 3.03. The number of aryl methyl sites for hydroxylation is 1. The molecule has 0 spiro atoms. The molecule has 0 atom stereocenters. The van der Waals surface area contributed by atoms with Crippen LogP contribution in [0.15, 0.2) is 42.5 Å². The fourth-order valence-electron chi connectivity index (χ4n) is 1.67.